The topological polar surface area (TPSA) is 134 Å². The Labute approximate surface area is 254 Å². The number of rotatable bonds is 8. The third-order valence-corrected chi connectivity index (χ3v) is 7.37. The number of carbonyl (C=O) groups is 2. The van der Waals surface area contributed by atoms with Crippen LogP contribution in [0.3, 0.4) is 0 Å². The van der Waals surface area contributed by atoms with Gasteiger partial charge in [-0.25, -0.2) is 19.3 Å². The largest absolute Gasteiger partial charge is 0.496 e. The molecule has 12 heteroatoms. The van der Waals surface area contributed by atoms with Crippen LogP contribution in [0.2, 0.25) is 0 Å². The molecule has 0 saturated carbocycles. The summed E-state index contributed by atoms with van der Waals surface area (Å²) in [7, 11) is 1.38. The molecule has 3 N–H and O–H groups in total. The fourth-order valence-corrected chi connectivity index (χ4v) is 5.23. The van der Waals surface area contributed by atoms with Crippen LogP contribution in [0.25, 0.3) is 16.8 Å². The van der Waals surface area contributed by atoms with Crippen molar-refractivity contribution in [1.82, 2.24) is 19.6 Å². The van der Waals surface area contributed by atoms with Crippen molar-refractivity contribution in [2.45, 2.75) is 25.8 Å². The molecular weight excluding hydrogens is 570 g/mol. The van der Waals surface area contributed by atoms with Crippen LogP contribution in [0.1, 0.15) is 40.5 Å². The molecule has 1 aliphatic heterocycles. The number of ether oxygens (including phenoxy) is 1. The Morgan fingerprint density at radius 3 is 2.65 bits per heavy atom. The highest BCUT2D eigenvalue weighted by Crippen LogP contribution is 2.30. The van der Waals surface area contributed by atoms with E-state index in [1.807, 2.05) is 36.5 Å². The Kier molecular flexibility index (Phi) is 8.44. The lowest BCUT2D eigenvalue weighted by atomic mass is 10.0. The van der Waals surface area contributed by atoms with Gasteiger partial charge in [-0.3, -0.25) is 4.79 Å². The van der Waals surface area contributed by atoms with E-state index in [9.17, 15) is 14.7 Å². The quantitative estimate of drug-likeness (QED) is 0.199. The van der Waals surface area contributed by atoms with Gasteiger partial charge in [0.1, 0.15) is 29.3 Å². The molecule has 1 aliphatic rings. The van der Waals surface area contributed by atoms with Crippen molar-refractivity contribution in [2.75, 3.05) is 29.2 Å². The molecule has 3 aromatic heterocycles. The van der Waals surface area contributed by atoms with Crippen LogP contribution in [0.4, 0.5) is 23.0 Å². The van der Waals surface area contributed by atoms with Gasteiger partial charge in [-0.2, -0.15) is 5.10 Å². The number of hydrogen-bond acceptors (Lipinski definition) is 8. The summed E-state index contributed by atoms with van der Waals surface area (Å²) in [6, 6.07) is 20.0. The summed E-state index contributed by atoms with van der Waals surface area (Å²) in [5.74, 6) is 0.337. The zero-order chi connectivity index (χ0) is 29.2. The van der Waals surface area contributed by atoms with Crippen molar-refractivity contribution >= 4 is 52.9 Å². The van der Waals surface area contributed by atoms with Crippen molar-refractivity contribution in [3.05, 3.63) is 90.4 Å². The fourth-order valence-electron chi connectivity index (χ4n) is 5.23. The minimum atomic E-state index is -1.11. The number of carboxylic acid groups (broad SMARTS) is 1. The molecule has 1 unspecified atom stereocenters. The van der Waals surface area contributed by atoms with Crippen molar-refractivity contribution in [1.29, 1.82) is 0 Å². The average Bonchev–Trinajstić information content (AvgIpc) is 3.66. The Bertz CT molecular complexity index is 1810. The van der Waals surface area contributed by atoms with Gasteiger partial charge >= 0.3 is 5.97 Å². The minimum absolute atomic E-state index is 0. The molecule has 1 atom stereocenters. The van der Waals surface area contributed by atoms with E-state index in [0.29, 0.717) is 28.8 Å². The molecule has 1 amide bonds. The van der Waals surface area contributed by atoms with Gasteiger partial charge in [0.25, 0.3) is 5.91 Å². The summed E-state index contributed by atoms with van der Waals surface area (Å²) >= 11 is 0. The lowest BCUT2D eigenvalue weighted by Gasteiger charge is -2.23. The SMILES string of the molecule is COc1cc(NC(=O)c2cccc(-c3cc(Nc4cccc(N5CCCC5C)n4)c4ncnn4c3)c2)ccc1C(=O)O.Cl. The molecule has 2 aromatic carbocycles. The van der Waals surface area contributed by atoms with Crippen LogP contribution in [0.15, 0.2) is 79.3 Å². The highest BCUT2D eigenvalue weighted by atomic mass is 35.5. The molecule has 43 heavy (non-hydrogen) atoms. The average molecular weight is 600 g/mol. The van der Waals surface area contributed by atoms with E-state index in [1.165, 1.54) is 31.6 Å². The highest BCUT2D eigenvalue weighted by molar-refractivity contribution is 6.05. The third kappa shape index (κ3) is 6.07. The van der Waals surface area contributed by atoms with E-state index in [0.717, 1.165) is 42.0 Å². The summed E-state index contributed by atoms with van der Waals surface area (Å²) in [5, 5.41) is 19.9. The van der Waals surface area contributed by atoms with Crippen molar-refractivity contribution < 1.29 is 19.4 Å². The van der Waals surface area contributed by atoms with E-state index >= 15 is 0 Å². The first-order valence-electron chi connectivity index (χ1n) is 13.6. The number of fused-ring (bicyclic) bond motifs is 1. The Morgan fingerprint density at radius 2 is 1.88 bits per heavy atom. The highest BCUT2D eigenvalue weighted by Gasteiger charge is 2.22. The van der Waals surface area contributed by atoms with Crippen molar-refractivity contribution in [2.24, 2.45) is 0 Å². The second kappa shape index (κ2) is 12.4. The van der Waals surface area contributed by atoms with Gasteiger partial charge in [-0.1, -0.05) is 18.2 Å². The Morgan fingerprint density at radius 1 is 1.05 bits per heavy atom. The van der Waals surface area contributed by atoms with Crippen LogP contribution in [0.5, 0.6) is 5.75 Å². The fraction of sp³-hybridized carbons (Fsp3) is 0.194. The van der Waals surface area contributed by atoms with Crippen LogP contribution >= 0.6 is 12.4 Å². The van der Waals surface area contributed by atoms with Gasteiger partial charge in [0.05, 0.1) is 12.8 Å². The van der Waals surface area contributed by atoms with E-state index in [2.05, 4.69) is 32.5 Å². The third-order valence-electron chi connectivity index (χ3n) is 7.37. The maximum Gasteiger partial charge on any atom is 0.339 e. The minimum Gasteiger partial charge on any atom is -0.496 e. The number of carboxylic acids is 1. The molecule has 1 fully saturated rings. The molecule has 1 saturated heterocycles. The number of hydrogen-bond donors (Lipinski definition) is 3. The number of nitrogens with one attached hydrogen (secondary N) is 2. The monoisotopic (exact) mass is 599 g/mol. The van der Waals surface area contributed by atoms with Gasteiger partial charge in [-0.15, -0.1) is 12.4 Å². The molecule has 0 spiro atoms. The van der Waals surface area contributed by atoms with E-state index in [-0.39, 0.29) is 29.6 Å². The van der Waals surface area contributed by atoms with Crippen LogP contribution in [0, 0.1) is 0 Å². The smallest absolute Gasteiger partial charge is 0.339 e. The Hall–Kier alpha value is -5.16. The Balaban J connectivity index is 0.00000368. The maximum absolute atomic E-state index is 13.1. The molecular formula is C31H30ClN7O4. The lowest BCUT2D eigenvalue weighted by molar-refractivity contribution is 0.0693. The van der Waals surface area contributed by atoms with Crippen molar-refractivity contribution in [3.8, 4) is 16.9 Å². The summed E-state index contributed by atoms with van der Waals surface area (Å²) < 4.78 is 6.86. The predicted molar refractivity (Wildman–Crippen MR) is 167 cm³/mol. The normalized spacial score (nSPS) is 14.3. The second-order valence-corrected chi connectivity index (χ2v) is 10.1. The van der Waals surface area contributed by atoms with Crippen LogP contribution < -0.4 is 20.3 Å². The summed E-state index contributed by atoms with van der Waals surface area (Å²) in [6.45, 7) is 3.21. The first kappa shape index (κ1) is 29.3. The predicted octanol–water partition coefficient (Wildman–Crippen LogP) is 5.90. The molecule has 11 nitrogen and oxygen atoms in total. The zero-order valence-corrected chi connectivity index (χ0v) is 24.3. The summed E-state index contributed by atoms with van der Waals surface area (Å²) in [5.41, 5.74) is 3.85. The van der Waals surface area contributed by atoms with Crippen molar-refractivity contribution in [3.63, 3.8) is 0 Å². The molecule has 220 valence electrons. The number of aromatic carboxylic acids is 1. The standard InChI is InChI=1S/C31H29N7O4.ClH/c1-19-6-5-13-37(19)28-10-4-9-27(36-28)35-25-15-22(17-38-29(25)32-18-33-38)20-7-3-8-21(14-20)30(39)34-23-11-12-24(31(40)41)26(16-23)42-2;/h3-4,7-12,14-19H,5-6,13H2,1-2H3,(H,34,39)(H,35,36)(H,40,41);1H. The van der Waals surface area contributed by atoms with Crippen LogP contribution in [-0.2, 0) is 0 Å². The number of pyridine rings is 2. The number of nitrogens with zero attached hydrogens (tertiary/aromatic N) is 5. The van der Waals surface area contributed by atoms with E-state index in [4.69, 9.17) is 9.72 Å². The lowest BCUT2D eigenvalue weighted by Crippen LogP contribution is -2.27. The maximum atomic E-state index is 13.1. The summed E-state index contributed by atoms with van der Waals surface area (Å²) in [6.07, 6.45) is 5.67. The first-order valence-corrected chi connectivity index (χ1v) is 13.6. The number of aromatic nitrogens is 4. The number of carbonyl (C=O) groups excluding carboxylic acids is 1. The number of halogens is 1. The van der Waals surface area contributed by atoms with Gasteiger partial charge in [0, 0.05) is 41.7 Å². The van der Waals surface area contributed by atoms with E-state index in [1.54, 1.807) is 22.7 Å². The zero-order valence-electron chi connectivity index (χ0n) is 23.5. The second-order valence-electron chi connectivity index (χ2n) is 10.1. The molecule has 0 radical (unpaired) electrons. The molecule has 0 aliphatic carbocycles. The number of amides is 1. The number of methoxy groups -OCH3 is 1. The van der Waals surface area contributed by atoms with E-state index < -0.39 is 5.97 Å². The van der Waals surface area contributed by atoms with Gasteiger partial charge in [0.2, 0.25) is 0 Å². The molecule has 5 aromatic rings. The summed E-state index contributed by atoms with van der Waals surface area (Å²) in [4.78, 5) is 36.1. The first-order chi connectivity index (χ1) is 20.4. The van der Waals surface area contributed by atoms with Gasteiger partial charge in [0.15, 0.2) is 5.65 Å². The van der Waals surface area contributed by atoms with Gasteiger partial charge in [-0.05, 0) is 67.8 Å². The van der Waals surface area contributed by atoms with Crippen LogP contribution in [-0.4, -0.2) is 56.3 Å². The molecule has 6 rings (SSSR count). The molecule has 0 bridgehead atoms. The number of benzene rings is 2. The number of anilines is 4. The van der Waals surface area contributed by atoms with Gasteiger partial charge < -0.3 is 25.4 Å². The molecule has 4 heterocycles.